The fourth-order valence-corrected chi connectivity index (χ4v) is 12.0. The highest BCUT2D eigenvalue weighted by molar-refractivity contribution is 5.82. The number of fused-ring (bicyclic) bond motifs is 11. The van der Waals surface area contributed by atoms with Gasteiger partial charge in [-0.1, -0.05) is 6.58 Å². The van der Waals surface area contributed by atoms with Crippen LogP contribution in [0.1, 0.15) is 114 Å². The van der Waals surface area contributed by atoms with Gasteiger partial charge in [-0.2, -0.15) is 5.26 Å². The highest BCUT2D eigenvalue weighted by Crippen LogP contribution is 2.82. The van der Waals surface area contributed by atoms with E-state index in [4.69, 9.17) is 4.98 Å². The molecule has 1 aliphatic heterocycles. The van der Waals surface area contributed by atoms with Gasteiger partial charge >= 0.3 is 0 Å². The summed E-state index contributed by atoms with van der Waals surface area (Å²) in [5.41, 5.74) is 14.2. The average molecular weight is 472 g/mol. The third-order valence-electron chi connectivity index (χ3n) is 13.1. The molecule has 2 heterocycles. The molecule has 180 valence electrons. The smallest absolute Gasteiger partial charge is 0.0995 e. The van der Waals surface area contributed by atoms with Gasteiger partial charge in [-0.15, -0.1) is 0 Å². The largest absolute Gasteiger partial charge is 0.312 e. The zero-order valence-corrected chi connectivity index (χ0v) is 21.2. The predicted octanol–water partition coefficient (Wildman–Crippen LogP) is 7.47. The third kappa shape index (κ3) is 1.91. The fraction of sp³-hybridized carbons (Fsp3) is 0.576. The van der Waals surface area contributed by atoms with Crippen LogP contribution in [0.2, 0.25) is 0 Å². The van der Waals surface area contributed by atoms with Crippen LogP contribution in [-0.2, 0) is 6.42 Å². The lowest BCUT2D eigenvalue weighted by atomic mass is 9.36. The minimum Gasteiger partial charge on any atom is -0.312 e. The molecule has 9 atom stereocenters. The first-order valence-corrected chi connectivity index (χ1v) is 14.6. The monoisotopic (exact) mass is 471 g/mol. The molecule has 0 amide bonds. The van der Waals surface area contributed by atoms with Crippen LogP contribution in [0.5, 0.6) is 0 Å². The molecule has 9 unspecified atom stereocenters. The number of hydrogen-bond acceptors (Lipinski definition) is 3. The van der Waals surface area contributed by atoms with Gasteiger partial charge in [0.2, 0.25) is 0 Å². The average Bonchev–Trinajstić information content (AvgIpc) is 3.47. The molecule has 8 aliphatic rings. The van der Waals surface area contributed by atoms with E-state index in [-0.39, 0.29) is 0 Å². The first kappa shape index (κ1) is 19.5. The van der Waals surface area contributed by atoms with Crippen LogP contribution in [0, 0.1) is 47.3 Å². The zero-order valence-electron chi connectivity index (χ0n) is 21.2. The van der Waals surface area contributed by atoms with E-state index in [1.165, 1.54) is 90.8 Å². The second-order valence-corrected chi connectivity index (χ2v) is 14.0. The molecule has 5 bridgehead atoms. The second-order valence-electron chi connectivity index (χ2n) is 14.0. The molecule has 3 heteroatoms. The van der Waals surface area contributed by atoms with Crippen molar-refractivity contribution in [1.29, 1.82) is 5.26 Å². The molecule has 0 saturated heterocycles. The number of nitriles is 1. The number of allylic oxidation sites excluding steroid dienone is 1. The van der Waals surface area contributed by atoms with Crippen molar-refractivity contribution in [2.75, 3.05) is 4.90 Å². The maximum Gasteiger partial charge on any atom is 0.0995 e. The van der Waals surface area contributed by atoms with Crippen LogP contribution in [0.25, 0.3) is 0 Å². The van der Waals surface area contributed by atoms with Crippen LogP contribution in [-0.4, -0.2) is 4.98 Å². The first-order chi connectivity index (χ1) is 17.6. The standard InChI is InChI=1S/C33H33N3/c1-15-3-25-27(9-21(13-34)30-20-8-22-10-23-11-26(31(25)30)33(22,23)12-20)36(15)28-14-35-32-19-5-17-4-18(7-19)24(6-17)29(32)16(28)2/h9,14,17-20,22-24,26H,1,3-8,10-12H2,2H3. The maximum absolute atomic E-state index is 10.4. The summed E-state index contributed by atoms with van der Waals surface area (Å²) in [6.45, 7) is 6.99. The van der Waals surface area contributed by atoms with Gasteiger partial charge in [0.1, 0.15) is 0 Å². The molecule has 10 rings (SSSR count). The van der Waals surface area contributed by atoms with Gasteiger partial charge in [0.25, 0.3) is 0 Å². The molecule has 1 aromatic carbocycles. The Hall–Kier alpha value is -2.60. The van der Waals surface area contributed by atoms with Crippen molar-refractivity contribution in [3.63, 3.8) is 0 Å². The fourth-order valence-electron chi connectivity index (χ4n) is 12.0. The third-order valence-corrected chi connectivity index (χ3v) is 13.1. The summed E-state index contributed by atoms with van der Waals surface area (Å²) in [4.78, 5) is 7.62. The van der Waals surface area contributed by atoms with E-state index >= 15 is 0 Å². The van der Waals surface area contributed by atoms with Gasteiger partial charge in [0, 0.05) is 23.7 Å². The van der Waals surface area contributed by atoms with Crippen molar-refractivity contribution in [3.05, 3.63) is 63.6 Å². The second kappa shape index (κ2) is 5.93. The molecular formula is C33H33N3. The summed E-state index contributed by atoms with van der Waals surface area (Å²) in [7, 11) is 0. The van der Waals surface area contributed by atoms with Crippen molar-refractivity contribution in [2.45, 2.75) is 88.4 Å². The summed E-state index contributed by atoms with van der Waals surface area (Å²) in [5.74, 6) is 6.37. The molecule has 3 nitrogen and oxygen atoms in total. The number of hydrogen-bond donors (Lipinski definition) is 0. The molecule has 5 fully saturated rings. The van der Waals surface area contributed by atoms with Gasteiger partial charge in [-0.3, -0.25) is 4.98 Å². The van der Waals surface area contributed by atoms with E-state index in [0.29, 0.717) is 29.1 Å². The Labute approximate surface area is 213 Å². The van der Waals surface area contributed by atoms with Gasteiger partial charge < -0.3 is 4.90 Å². The Kier molecular flexibility index (Phi) is 3.21. The molecule has 1 spiro atoms. The SMILES string of the molecule is C=C1Cc2c(cc(C#N)c3c2C2CC4CC5CC3CC542)N1c1cnc2c(c1C)C1CC3CC2CC1C3. The van der Waals surface area contributed by atoms with Crippen molar-refractivity contribution in [2.24, 2.45) is 29.1 Å². The lowest BCUT2D eigenvalue weighted by molar-refractivity contribution is -0.146. The topological polar surface area (TPSA) is 39.9 Å². The van der Waals surface area contributed by atoms with Gasteiger partial charge in [-0.25, -0.2) is 0 Å². The Balaban J connectivity index is 1.17. The highest BCUT2D eigenvalue weighted by atomic mass is 15.2. The number of benzene rings is 1. The Bertz CT molecular complexity index is 1490. The predicted molar refractivity (Wildman–Crippen MR) is 139 cm³/mol. The van der Waals surface area contributed by atoms with Crippen molar-refractivity contribution in [3.8, 4) is 6.07 Å². The first-order valence-electron chi connectivity index (χ1n) is 14.6. The van der Waals surface area contributed by atoms with Crippen LogP contribution in [0.3, 0.4) is 0 Å². The van der Waals surface area contributed by atoms with Crippen LogP contribution in [0.15, 0.2) is 24.5 Å². The number of rotatable bonds is 1. The lowest BCUT2D eigenvalue weighted by Crippen LogP contribution is -2.59. The molecule has 7 aliphatic carbocycles. The molecule has 36 heavy (non-hydrogen) atoms. The number of anilines is 2. The van der Waals surface area contributed by atoms with Gasteiger partial charge in [-0.05, 0) is 139 Å². The normalized spacial score (nSPS) is 42.8. The Morgan fingerprint density at radius 3 is 2.75 bits per heavy atom. The summed E-state index contributed by atoms with van der Waals surface area (Å²) < 4.78 is 0. The molecule has 2 aromatic rings. The molecule has 5 saturated carbocycles. The Morgan fingerprint density at radius 1 is 1.00 bits per heavy atom. The molecule has 1 aromatic heterocycles. The Morgan fingerprint density at radius 2 is 1.89 bits per heavy atom. The van der Waals surface area contributed by atoms with E-state index in [1.54, 1.807) is 11.1 Å². The summed E-state index contributed by atoms with van der Waals surface area (Å²) >= 11 is 0. The highest BCUT2D eigenvalue weighted by Gasteiger charge is 2.72. The van der Waals surface area contributed by atoms with E-state index in [9.17, 15) is 5.26 Å². The summed E-state index contributed by atoms with van der Waals surface area (Å²) in [6.07, 6.45) is 14.1. The van der Waals surface area contributed by atoms with Crippen LogP contribution < -0.4 is 4.90 Å². The lowest BCUT2D eigenvalue weighted by Gasteiger charge is -2.68. The van der Waals surface area contributed by atoms with E-state index in [0.717, 1.165) is 35.7 Å². The molecule has 0 N–H and O–H groups in total. The van der Waals surface area contributed by atoms with E-state index in [1.807, 2.05) is 0 Å². The number of pyridine rings is 1. The van der Waals surface area contributed by atoms with Crippen molar-refractivity contribution in [1.82, 2.24) is 4.98 Å². The van der Waals surface area contributed by atoms with Gasteiger partial charge in [0.15, 0.2) is 0 Å². The van der Waals surface area contributed by atoms with Crippen molar-refractivity contribution >= 4 is 11.4 Å². The molecule has 0 radical (unpaired) electrons. The van der Waals surface area contributed by atoms with Crippen LogP contribution >= 0.6 is 0 Å². The minimum absolute atomic E-state index is 0.593. The quantitative estimate of drug-likeness (QED) is 0.433. The molecular weight excluding hydrogens is 438 g/mol. The van der Waals surface area contributed by atoms with Crippen molar-refractivity contribution < 1.29 is 0 Å². The van der Waals surface area contributed by atoms with Gasteiger partial charge in [0.05, 0.1) is 29.2 Å². The van der Waals surface area contributed by atoms with E-state index in [2.05, 4.69) is 36.7 Å². The summed E-state index contributed by atoms with van der Waals surface area (Å²) in [5, 5.41) is 10.4. The number of nitrogens with zero attached hydrogens (tertiary/aromatic N) is 3. The van der Waals surface area contributed by atoms with E-state index < -0.39 is 0 Å². The van der Waals surface area contributed by atoms with Crippen LogP contribution in [0.4, 0.5) is 11.4 Å². The minimum atomic E-state index is 0.593. The number of aromatic nitrogens is 1. The maximum atomic E-state index is 10.4. The zero-order chi connectivity index (χ0) is 23.7. The summed E-state index contributed by atoms with van der Waals surface area (Å²) in [6, 6.07) is 4.92.